The Hall–Kier alpha value is -0.580. The average molecular weight is 283 g/mol. The van der Waals surface area contributed by atoms with Gasteiger partial charge in [0.2, 0.25) is 0 Å². The minimum atomic E-state index is -0.387. The number of hydrogen-bond acceptors (Lipinski definition) is 3. The second kappa shape index (κ2) is 3.72. The van der Waals surface area contributed by atoms with Crippen molar-refractivity contribution in [2.24, 2.45) is 0 Å². The topological polar surface area (TPSA) is 44.3 Å². The molecule has 0 radical (unpaired) electrons. The number of aliphatic hydroxyl groups excluding tert-OH is 1. The SMILES string of the molecule is OC1c2cc(Br)ccc2NC12CCNCC2. The lowest BCUT2D eigenvalue weighted by Crippen LogP contribution is -2.48. The summed E-state index contributed by atoms with van der Waals surface area (Å²) in [5.74, 6) is 0. The van der Waals surface area contributed by atoms with Gasteiger partial charge in [-0.05, 0) is 44.1 Å². The van der Waals surface area contributed by atoms with E-state index in [9.17, 15) is 5.11 Å². The third kappa shape index (κ3) is 1.48. The van der Waals surface area contributed by atoms with Gasteiger partial charge in [0.1, 0.15) is 6.10 Å². The molecule has 1 saturated heterocycles. The van der Waals surface area contributed by atoms with Crippen molar-refractivity contribution in [2.45, 2.75) is 24.5 Å². The molecule has 3 N–H and O–H groups in total. The van der Waals surface area contributed by atoms with Crippen LogP contribution in [0.15, 0.2) is 22.7 Å². The molecule has 1 spiro atoms. The Balaban J connectivity index is 1.99. The van der Waals surface area contributed by atoms with Crippen molar-refractivity contribution in [3.63, 3.8) is 0 Å². The van der Waals surface area contributed by atoms with Gasteiger partial charge in [-0.15, -0.1) is 0 Å². The quantitative estimate of drug-likeness (QED) is 0.682. The molecular weight excluding hydrogens is 268 g/mol. The van der Waals surface area contributed by atoms with E-state index in [1.165, 1.54) is 0 Å². The maximum Gasteiger partial charge on any atom is 0.104 e. The summed E-state index contributed by atoms with van der Waals surface area (Å²) in [5.41, 5.74) is 1.96. The van der Waals surface area contributed by atoms with Crippen LogP contribution >= 0.6 is 15.9 Å². The molecule has 86 valence electrons. The van der Waals surface area contributed by atoms with Crippen LogP contribution in [0.2, 0.25) is 0 Å². The van der Waals surface area contributed by atoms with Crippen LogP contribution in [0.5, 0.6) is 0 Å². The van der Waals surface area contributed by atoms with E-state index >= 15 is 0 Å². The first-order valence-corrected chi connectivity index (χ1v) is 6.47. The molecule has 1 aromatic rings. The standard InChI is InChI=1S/C12H15BrN2O/c13-8-1-2-10-9(7-8)11(16)12(15-10)3-5-14-6-4-12/h1-2,7,11,14-16H,3-6H2. The average Bonchev–Trinajstić information content (AvgIpc) is 2.55. The molecule has 4 heteroatoms. The van der Waals surface area contributed by atoms with Gasteiger partial charge in [-0.3, -0.25) is 0 Å². The predicted octanol–water partition coefficient (Wildman–Crippen LogP) is 2.03. The highest BCUT2D eigenvalue weighted by atomic mass is 79.9. The van der Waals surface area contributed by atoms with E-state index in [0.29, 0.717) is 0 Å². The van der Waals surface area contributed by atoms with Crippen molar-refractivity contribution in [1.82, 2.24) is 5.32 Å². The summed E-state index contributed by atoms with van der Waals surface area (Å²) in [5, 5.41) is 17.3. The van der Waals surface area contributed by atoms with Crippen LogP contribution in [-0.2, 0) is 0 Å². The molecule has 2 aliphatic rings. The van der Waals surface area contributed by atoms with Crippen LogP contribution in [0.1, 0.15) is 24.5 Å². The highest BCUT2D eigenvalue weighted by molar-refractivity contribution is 9.10. The van der Waals surface area contributed by atoms with Gasteiger partial charge >= 0.3 is 0 Å². The van der Waals surface area contributed by atoms with Crippen molar-refractivity contribution in [2.75, 3.05) is 18.4 Å². The summed E-state index contributed by atoms with van der Waals surface area (Å²) in [6.07, 6.45) is 1.56. The summed E-state index contributed by atoms with van der Waals surface area (Å²) in [6, 6.07) is 6.07. The second-order valence-corrected chi connectivity index (χ2v) is 5.58. The van der Waals surface area contributed by atoms with Crippen LogP contribution in [0.4, 0.5) is 5.69 Å². The zero-order valence-electron chi connectivity index (χ0n) is 8.96. The first kappa shape index (κ1) is 10.6. The van der Waals surface area contributed by atoms with Crippen LogP contribution in [0.25, 0.3) is 0 Å². The third-order valence-corrected chi connectivity index (χ3v) is 4.20. The van der Waals surface area contributed by atoms with Crippen molar-refractivity contribution >= 4 is 21.6 Å². The summed E-state index contributed by atoms with van der Waals surface area (Å²) >= 11 is 3.45. The molecule has 1 unspecified atom stereocenters. The second-order valence-electron chi connectivity index (χ2n) is 4.67. The molecule has 0 aliphatic carbocycles. The molecule has 0 amide bonds. The van der Waals surface area contributed by atoms with Gasteiger partial charge in [-0.25, -0.2) is 0 Å². The molecule has 3 rings (SSSR count). The summed E-state index contributed by atoms with van der Waals surface area (Å²) in [6.45, 7) is 1.94. The Morgan fingerprint density at radius 1 is 1.31 bits per heavy atom. The fraction of sp³-hybridized carbons (Fsp3) is 0.500. The van der Waals surface area contributed by atoms with Gasteiger partial charge in [0.25, 0.3) is 0 Å². The normalized spacial score (nSPS) is 26.5. The molecule has 1 aromatic carbocycles. The number of anilines is 1. The minimum Gasteiger partial charge on any atom is -0.386 e. The molecule has 1 fully saturated rings. The fourth-order valence-electron chi connectivity index (χ4n) is 2.78. The number of nitrogens with one attached hydrogen (secondary N) is 2. The van der Waals surface area contributed by atoms with Gasteiger partial charge in [-0.2, -0.15) is 0 Å². The van der Waals surface area contributed by atoms with Gasteiger partial charge in [0, 0.05) is 15.7 Å². The third-order valence-electron chi connectivity index (χ3n) is 3.71. The van der Waals surface area contributed by atoms with E-state index in [2.05, 4.69) is 26.6 Å². The fourth-order valence-corrected chi connectivity index (χ4v) is 3.16. The van der Waals surface area contributed by atoms with E-state index in [4.69, 9.17) is 0 Å². The molecule has 2 aliphatic heterocycles. The Bertz CT molecular complexity index is 415. The Morgan fingerprint density at radius 2 is 2.06 bits per heavy atom. The van der Waals surface area contributed by atoms with E-state index < -0.39 is 0 Å². The van der Waals surface area contributed by atoms with E-state index in [0.717, 1.165) is 41.7 Å². The van der Waals surface area contributed by atoms with Crippen LogP contribution in [0, 0.1) is 0 Å². The molecule has 1 atom stereocenters. The summed E-state index contributed by atoms with van der Waals surface area (Å²) < 4.78 is 1.03. The lowest BCUT2D eigenvalue weighted by Gasteiger charge is -2.37. The number of aliphatic hydroxyl groups is 1. The minimum absolute atomic E-state index is 0.144. The Morgan fingerprint density at radius 3 is 2.81 bits per heavy atom. The smallest absolute Gasteiger partial charge is 0.104 e. The number of halogens is 1. The summed E-state index contributed by atoms with van der Waals surface area (Å²) in [4.78, 5) is 0. The van der Waals surface area contributed by atoms with Crippen LogP contribution in [0.3, 0.4) is 0 Å². The molecule has 0 bridgehead atoms. The highest BCUT2D eigenvalue weighted by Crippen LogP contribution is 2.46. The molecular formula is C12H15BrN2O. The van der Waals surface area contributed by atoms with Crippen LogP contribution in [-0.4, -0.2) is 23.7 Å². The van der Waals surface area contributed by atoms with Gasteiger partial charge in [-0.1, -0.05) is 15.9 Å². The van der Waals surface area contributed by atoms with E-state index in [1.54, 1.807) is 0 Å². The zero-order chi connectivity index (χ0) is 11.2. The molecule has 0 aromatic heterocycles. The van der Waals surface area contributed by atoms with Crippen molar-refractivity contribution < 1.29 is 5.11 Å². The molecule has 2 heterocycles. The van der Waals surface area contributed by atoms with Gasteiger partial charge < -0.3 is 15.7 Å². The Kier molecular flexibility index (Phi) is 2.46. The van der Waals surface area contributed by atoms with Crippen molar-refractivity contribution in [1.29, 1.82) is 0 Å². The summed E-state index contributed by atoms with van der Waals surface area (Å²) in [7, 11) is 0. The maximum absolute atomic E-state index is 10.5. The lowest BCUT2D eigenvalue weighted by molar-refractivity contribution is 0.0872. The van der Waals surface area contributed by atoms with Crippen LogP contribution < -0.4 is 10.6 Å². The maximum atomic E-state index is 10.5. The largest absolute Gasteiger partial charge is 0.386 e. The highest BCUT2D eigenvalue weighted by Gasteiger charge is 2.45. The monoisotopic (exact) mass is 282 g/mol. The Labute approximate surface area is 103 Å². The van der Waals surface area contributed by atoms with E-state index in [-0.39, 0.29) is 11.6 Å². The zero-order valence-corrected chi connectivity index (χ0v) is 10.5. The van der Waals surface area contributed by atoms with Gasteiger partial charge in [0.15, 0.2) is 0 Å². The molecule has 3 nitrogen and oxygen atoms in total. The van der Waals surface area contributed by atoms with E-state index in [1.807, 2.05) is 18.2 Å². The predicted molar refractivity (Wildman–Crippen MR) is 67.6 cm³/mol. The van der Waals surface area contributed by atoms with Gasteiger partial charge in [0.05, 0.1) is 5.54 Å². The number of benzene rings is 1. The number of rotatable bonds is 0. The first-order valence-electron chi connectivity index (χ1n) is 5.68. The first-order chi connectivity index (χ1) is 7.71. The molecule has 16 heavy (non-hydrogen) atoms. The lowest BCUT2D eigenvalue weighted by atomic mass is 9.83. The number of fused-ring (bicyclic) bond motifs is 1. The molecule has 0 saturated carbocycles. The number of hydrogen-bond donors (Lipinski definition) is 3. The van der Waals surface area contributed by atoms with Crippen molar-refractivity contribution in [3.05, 3.63) is 28.2 Å². The number of piperidine rings is 1. The van der Waals surface area contributed by atoms with Crippen molar-refractivity contribution in [3.8, 4) is 0 Å².